The number of anilines is 1. The number of methoxy groups -OCH3 is 1. The van der Waals surface area contributed by atoms with Crippen molar-refractivity contribution in [1.82, 2.24) is 0 Å². The van der Waals surface area contributed by atoms with Crippen molar-refractivity contribution in [3.63, 3.8) is 0 Å². The molecule has 0 bridgehead atoms. The molecule has 0 aliphatic heterocycles. The molecule has 0 fully saturated rings. The van der Waals surface area contributed by atoms with Crippen LogP contribution in [0.1, 0.15) is 22.8 Å². The lowest BCUT2D eigenvalue weighted by Crippen LogP contribution is -2.04. The van der Waals surface area contributed by atoms with Gasteiger partial charge >= 0.3 is 5.97 Å². The highest BCUT2D eigenvalue weighted by atomic mass is 35.5. The highest BCUT2D eigenvalue weighted by Gasteiger charge is 2.12. The van der Waals surface area contributed by atoms with Crippen molar-refractivity contribution in [2.75, 3.05) is 19.0 Å². The van der Waals surface area contributed by atoms with Crippen LogP contribution in [0.25, 0.3) is 0 Å². The van der Waals surface area contributed by atoms with E-state index in [0.717, 1.165) is 5.56 Å². The van der Waals surface area contributed by atoms with Crippen molar-refractivity contribution in [2.45, 2.75) is 13.5 Å². The minimum absolute atomic E-state index is 0.157. The SMILES string of the molecule is CCOc1cc(CNc2cc(C(=O)O)ccc2Cl)cc(Cl)c1OC. The molecule has 128 valence electrons. The lowest BCUT2D eigenvalue weighted by Gasteiger charge is -2.14. The van der Waals surface area contributed by atoms with Crippen LogP contribution in [0.4, 0.5) is 5.69 Å². The van der Waals surface area contributed by atoms with Gasteiger partial charge in [-0.25, -0.2) is 4.79 Å². The highest BCUT2D eigenvalue weighted by molar-refractivity contribution is 6.33. The van der Waals surface area contributed by atoms with E-state index in [-0.39, 0.29) is 5.56 Å². The third-order valence-electron chi connectivity index (χ3n) is 3.27. The van der Waals surface area contributed by atoms with Crippen LogP contribution in [-0.2, 0) is 6.54 Å². The summed E-state index contributed by atoms with van der Waals surface area (Å²) in [4.78, 5) is 11.1. The van der Waals surface area contributed by atoms with Gasteiger partial charge in [0, 0.05) is 6.54 Å². The van der Waals surface area contributed by atoms with Gasteiger partial charge in [0.15, 0.2) is 11.5 Å². The van der Waals surface area contributed by atoms with Crippen molar-refractivity contribution >= 4 is 34.9 Å². The summed E-state index contributed by atoms with van der Waals surface area (Å²) >= 11 is 12.3. The van der Waals surface area contributed by atoms with Crippen LogP contribution < -0.4 is 14.8 Å². The zero-order chi connectivity index (χ0) is 17.7. The molecule has 0 aromatic heterocycles. The van der Waals surface area contributed by atoms with E-state index in [2.05, 4.69) is 5.32 Å². The molecule has 0 atom stereocenters. The first-order valence-corrected chi connectivity index (χ1v) is 7.97. The number of carboxylic acids is 1. The van der Waals surface area contributed by atoms with Crippen LogP contribution in [0.5, 0.6) is 11.5 Å². The quantitative estimate of drug-likeness (QED) is 0.739. The first-order valence-electron chi connectivity index (χ1n) is 7.22. The van der Waals surface area contributed by atoms with Gasteiger partial charge in [0.2, 0.25) is 0 Å². The second kappa shape index (κ2) is 8.13. The summed E-state index contributed by atoms with van der Waals surface area (Å²) in [6.45, 7) is 2.75. The molecule has 2 aromatic carbocycles. The molecule has 5 nitrogen and oxygen atoms in total. The summed E-state index contributed by atoms with van der Waals surface area (Å²) in [5.41, 5.74) is 1.53. The van der Waals surface area contributed by atoms with Crippen LogP contribution in [0.2, 0.25) is 10.0 Å². The lowest BCUT2D eigenvalue weighted by atomic mass is 10.1. The molecule has 0 amide bonds. The summed E-state index contributed by atoms with van der Waals surface area (Å²) in [5, 5.41) is 13.0. The average Bonchev–Trinajstić information content (AvgIpc) is 2.54. The van der Waals surface area contributed by atoms with Gasteiger partial charge in [0.1, 0.15) is 0 Å². The fourth-order valence-corrected chi connectivity index (χ4v) is 2.67. The Kier molecular flexibility index (Phi) is 6.17. The van der Waals surface area contributed by atoms with Crippen molar-refractivity contribution in [3.05, 3.63) is 51.5 Å². The Labute approximate surface area is 150 Å². The highest BCUT2D eigenvalue weighted by Crippen LogP contribution is 2.36. The van der Waals surface area contributed by atoms with E-state index in [1.54, 1.807) is 12.1 Å². The summed E-state index contributed by atoms with van der Waals surface area (Å²) in [7, 11) is 1.53. The molecular formula is C17H17Cl2NO4. The van der Waals surface area contributed by atoms with Gasteiger partial charge in [-0.05, 0) is 42.8 Å². The second-order valence-electron chi connectivity index (χ2n) is 4.90. The number of aromatic carboxylic acids is 1. The van der Waals surface area contributed by atoms with E-state index >= 15 is 0 Å². The number of hydrogen-bond donors (Lipinski definition) is 2. The van der Waals surface area contributed by atoms with Crippen molar-refractivity contribution in [1.29, 1.82) is 0 Å². The molecule has 0 radical (unpaired) electrons. The van der Waals surface area contributed by atoms with E-state index in [1.807, 2.05) is 13.0 Å². The van der Waals surface area contributed by atoms with E-state index in [0.29, 0.717) is 40.4 Å². The largest absolute Gasteiger partial charge is 0.491 e. The molecule has 0 heterocycles. The third kappa shape index (κ3) is 4.24. The molecule has 0 saturated carbocycles. The van der Waals surface area contributed by atoms with Gasteiger partial charge < -0.3 is 19.9 Å². The normalized spacial score (nSPS) is 10.3. The second-order valence-corrected chi connectivity index (χ2v) is 5.71. The number of carbonyl (C=O) groups is 1. The Hall–Kier alpha value is -2.11. The molecule has 0 saturated heterocycles. The number of halogens is 2. The Bertz CT molecular complexity index is 750. The summed E-state index contributed by atoms with van der Waals surface area (Å²) in [5.74, 6) is 0.0173. The maximum atomic E-state index is 11.1. The fraction of sp³-hybridized carbons (Fsp3) is 0.235. The van der Waals surface area contributed by atoms with E-state index in [4.69, 9.17) is 37.8 Å². The molecule has 7 heteroatoms. The first kappa shape index (κ1) is 18.2. The maximum absolute atomic E-state index is 11.1. The molecular weight excluding hydrogens is 353 g/mol. The van der Waals surface area contributed by atoms with Gasteiger partial charge in [-0.2, -0.15) is 0 Å². The molecule has 2 rings (SSSR count). The maximum Gasteiger partial charge on any atom is 0.335 e. The Morgan fingerprint density at radius 3 is 2.58 bits per heavy atom. The zero-order valence-corrected chi connectivity index (χ0v) is 14.7. The monoisotopic (exact) mass is 369 g/mol. The fourth-order valence-electron chi connectivity index (χ4n) is 2.18. The summed E-state index contributed by atoms with van der Waals surface area (Å²) in [6.07, 6.45) is 0. The van der Waals surface area contributed by atoms with Gasteiger partial charge in [-0.15, -0.1) is 0 Å². The number of nitrogens with one attached hydrogen (secondary N) is 1. The number of benzene rings is 2. The Balaban J connectivity index is 2.23. The standard InChI is InChI=1S/C17H17Cl2NO4/c1-3-24-15-7-10(6-13(19)16(15)23-2)9-20-14-8-11(17(21)22)4-5-12(14)18/h4-8,20H,3,9H2,1-2H3,(H,21,22). The van der Waals surface area contributed by atoms with Crippen molar-refractivity contribution in [3.8, 4) is 11.5 Å². The van der Waals surface area contributed by atoms with Crippen LogP contribution in [-0.4, -0.2) is 24.8 Å². The van der Waals surface area contributed by atoms with Gasteiger partial charge in [0.25, 0.3) is 0 Å². The van der Waals surface area contributed by atoms with E-state index < -0.39 is 5.97 Å². The van der Waals surface area contributed by atoms with Crippen LogP contribution >= 0.6 is 23.2 Å². The smallest absolute Gasteiger partial charge is 0.335 e. The molecule has 2 N–H and O–H groups in total. The Morgan fingerprint density at radius 2 is 1.96 bits per heavy atom. The van der Waals surface area contributed by atoms with E-state index in [1.165, 1.54) is 19.2 Å². The molecule has 0 aliphatic carbocycles. The summed E-state index contributed by atoms with van der Waals surface area (Å²) < 4.78 is 10.8. The summed E-state index contributed by atoms with van der Waals surface area (Å²) in [6, 6.07) is 8.05. The molecule has 0 aliphatic rings. The molecule has 2 aromatic rings. The zero-order valence-electron chi connectivity index (χ0n) is 13.2. The Morgan fingerprint density at radius 1 is 1.21 bits per heavy atom. The predicted octanol–water partition coefficient (Wildman–Crippen LogP) is 4.71. The van der Waals surface area contributed by atoms with Gasteiger partial charge in [0.05, 0.1) is 35.0 Å². The van der Waals surface area contributed by atoms with E-state index in [9.17, 15) is 4.79 Å². The number of carboxylic acid groups (broad SMARTS) is 1. The van der Waals surface area contributed by atoms with Crippen molar-refractivity contribution < 1.29 is 19.4 Å². The first-order chi connectivity index (χ1) is 11.5. The van der Waals surface area contributed by atoms with Crippen LogP contribution in [0.3, 0.4) is 0 Å². The molecule has 24 heavy (non-hydrogen) atoms. The van der Waals surface area contributed by atoms with Crippen molar-refractivity contribution in [2.24, 2.45) is 0 Å². The third-order valence-corrected chi connectivity index (χ3v) is 3.88. The minimum Gasteiger partial charge on any atom is -0.491 e. The lowest BCUT2D eigenvalue weighted by molar-refractivity contribution is 0.0697. The predicted molar refractivity (Wildman–Crippen MR) is 94.9 cm³/mol. The molecule has 0 unspecified atom stereocenters. The number of hydrogen-bond acceptors (Lipinski definition) is 4. The topological polar surface area (TPSA) is 67.8 Å². The molecule has 0 spiro atoms. The van der Waals surface area contributed by atoms with Crippen LogP contribution in [0, 0.1) is 0 Å². The minimum atomic E-state index is -1.01. The van der Waals surface area contributed by atoms with Gasteiger partial charge in [-0.3, -0.25) is 0 Å². The van der Waals surface area contributed by atoms with Gasteiger partial charge in [-0.1, -0.05) is 23.2 Å². The average molecular weight is 370 g/mol. The number of ether oxygens (including phenoxy) is 2. The van der Waals surface area contributed by atoms with Crippen LogP contribution in [0.15, 0.2) is 30.3 Å². The number of rotatable bonds is 7.